The molecule has 3 aromatic carbocycles. The number of methoxy groups -OCH3 is 2. The van der Waals surface area contributed by atoms with Gasteiger partial charge >= 0.3 is 0 Å². The van der Waals surface area contributed by atoms with Crippen molar-refractivity contribution < 1.29 is 23.8 Å². The van der Waals surface area contributed by atoms with E-state index < -0.39 is 6.04 Å². The highest BCUT2D eigenvalue weighted by Crippen LogP contribution is 2.41. The molecule has 0 spiro atoms. The summed E-state index contributed by atoms with van der Waals surface area (Å²) < 4.78 is 16.5. The van der Waals surface area contributed by atoms with Crippen molar-refractivity contribution in [2.24, 2.45) is 0 Å². The van der Waals surface area contributed by atoms with Gasteiger partial charge in [-0.2, -0.15) is 0 Å². The third-order valence-corrected chi connectivity index (χ3v) is 6.15. The Kier molecular flexibility index (Phi) is 5.24. The van der Waals surface area contributed by atoms with Crippen molar-refractivity contribution in [3.8, 4) is 17.2 Å². The summed E-state index contributed by atoms with van der Waals surface area (Å²) >= 11 is 0. The Morgan fingerprint density at radius 2 is 1.74 bits per heavy atom. The van der Waals surface area contributed by atoms with E-state index in [4.69, 9.17) is 13.9 Å². The average molecular weight is 457 g/mol. The number of rotatable bonds is 5. The van der Waals surface area contributed by atoms with E-state index in [2.05, 4.69) is 0 Å². The minimum Gasteiger partial charge on any atom is -0.504 e. The molecule has 0 bridgehead atoms. The molecule has 4 aromatic rings. The summed E-state index contributed by atoms with van der Waals surface area (Å²) in [5.74, 6) is 0.593. The monoisotopic (exact) mass is 457 g/mol. The van der Waals surface area contributed by atoms with E-state index in [1.807, 2.05) is 37.3 Å². The highest BCUT2D eigenvalue weighted by molar-refractivity contribution is 5.99. The van der Waals surface area contributed by atoms with E-state index in [1.54, 1.807) is 36.3 Å². The largest absolute Gasteiger partial charge is 0.504 e. The van der Waals surface area contributed by atoms with Crippen molar-refractivity contribution in [2.75, 3.05) is 14.2 Å². The third-order valence-electron chi connectivity index (χ3n) is 6.15. The quantitative estimate of drug-likeness (QED) is 0.472. The second-order valence-electron chi connectivity index (χ2n) is 8.29. The number of hydrogen-bond donors (Lipinski definition) is 1. The number of carbonyl (C=O) groups excluding carboxylic acids is 1. The number of nitrogens with zero attached hydrogens (tertiary/aromatic N) is 1. The van der Waals surface area contributed by atoms with Crippen LogP contribution in [-0.2, 0) is 6.54 Å². The molecule has 0 saturated heterocycles. The van der Waals surface area contributed by atoms with Gasteiger partial charge in [-0.05, 0) is 54.4 Å². The molecule has 7 nitrogen and oxygen atoms in total. The van der Waals surface area contributed by atoms with Crippen molar-refractivity contribution >= 4 is 16.9 Å². The number of phenols is 1. The van der Waals surface area contributed by atoms with Gasteiger partial charge in [0.05, 0.1) is 31.2 Å². The molecule has 0 fully saturated rings. The molecule has 0 aliphatic carbocycles. The van der Waals surface area contributed by atoms with Crippen LogP contribution < -0.4 is 14.9 Å². The van der Waals surface area contributed by atoms with Crippen LogP contribution in [0.4, 0.5) is 0 Å². The first-order valence-electron chi connectivity index (χ1n) is 10.8. The summed E-state index contributed by atoms with van der Waals surface area (Å²) in [7, 11) is 3.04. The van der Waals surface area contributed by atoms with Gasteiger partial charge in [-0.3, -0.25) is 9.59 Å². The first kappa shape index (κ1) is 21.6. The fourth-order valence-electron chi connectivity index (χ4n) is 4.44. The molecule has 1 atom stereocenters. The first-order valence-corrected chi connectivity index (χ1v) is 10.8. The number of amides is 1. The van der Waals surface area contributed by atoms with Gasteiger partial charge in [0, 0.05) is 6.54 Å². The van der Waals surface area contributed by atoms with Crippen LogP contribution in [0.1, 0.15) is 38.9 Å². The van der Waals surface area contributed by atoms with Gasteiger partial charge in [-0.15, -0.1) is 0 Å². The minimum absolute atomic E-state index is 0.0290. The molecule has 0 unspecified atom stereocenters. The van der Waals surface area contributed by atoms with Crippen LogP contribution in [0.3, 0.4) is 0 Å². The summed E-state index contributed by atoms with van der Waals surface area (Å²) in [5.41, 5.74) is 2.82. The van der Waals surface area contributed by atoms with E-state index in [1.165, 1.54) is 13.2 Å². The van der Waals surface area contributed by atoms with Crippen LogP contribution in [0.25, 0.3) is 11.0 Å². The van der Waals surface area contributed by atoms with E-state index in [0.717, 1.165) is 11.1 Å². The Balaban J connectivity index is 1.71. The molecule has 0 saturated carbocycles. The SMILES string of the molecule is COc1ccc(CN2C(=O)c3oc4ccc(C)cc4c(=O)c3[C@H]2c2ccc(O)c(OC)c2)cc1. The second-order valence-corrected chi connectivity index (χ2v) is 8.29. The second kappa shape index (κ2) is 8.26. The maximum atomic E-state index is 13.7. The zero-order valence-electron chi connectivity index (χ0n) is 19.0. The maximum Gasteiger partial charge on any atom is 0.291 e. The number of hydrogen-bond acceptors (Lipinski definition) is 6. The van der Waals surface area contributed by atoms with Gasteiger partial charge in [0.25, 0.3) is 5.91 Å². The van der Waals surface area contributed by atoms with Gasteiger partial charge < -0.3 is 23.9 Å². The number of aromatic hydroxyl groups is 1. The van der Waals surface area contributed by atoms with Crippen LogP contribution in [-0.4, -0.2) is 30.1 Å². The van der Waals surface area contributed by atoms with E-state index in [9.17, 15) is 14.7 Å². The van der Waals surface area contributed by atoms with Crippen molar-refractivity contribution in [1.29, 1.82) is 0 Å². The maximum absolute atomic E-state index is 13.7. The lowest BCUT2D eigenvalue weighted by molar-refractivity contribution is 0.0714. The highest BCUT2D eigenvalue weighted by atomic mass is 16.5. The van der Waals surface area contributed by atoms with Gasteiger partial charge in [0.2, 0.25) is 5.76 Å². The number of benzene rings is 3. The fraction of sp³-hybridized carbons (Fsp3) is 0.185. The molecule has 0 radical (unpaired) electrons. The van der Waals surface area contributed by atoms with Crippen molar-refractivity contribution in [3.05, 3.63) is 98.9 Å². The number of fused-ring (bicyclic) bond motifs is 2. The Morgan fingerprint density at radius 1 is 0.971 bits per heavy atom. The van der Waals surface area contributed by atoms with E-state index in [-0.39, 0.29) is 40.7 Å². The summed E-state index contributed by atoms with van der Waals surface area (Å²) in [4.78, 5) is 28.9. The average Bonchev–Trinajstić information content (AvgIpc) is 3.12. The molecule has 1 aromatic heterocycles. The lowest BCUT2D eigenvalue weighted by Crippen LogP contribution is -2.29. The molecule has 5 rings (SSSR count). The third kappa shape index (κ3) is 3.46. The van der Waals surface area contributed by atoms with E-state index >= 15 is 0 Å². The van der Waals surface area contributed by atoms with Crippen molar-refractivity contribution in [1.82, 2.24) is 4.90 Å². The highest BCUT2D eigenvalue weighted by Gasteiger charge is 2.43. The summed E-state index contributed by atoms with van der Waals surface area (Å²) in [6.45, 7) is 2.14. The van der Waals surface area contributed by atoms with Crippen molar-refractivity contribution in [3.63, 3.8) is 0 Å². The summed E-state index contributed by atoms with van der Waals surface area (Å²) in [5, 5.41) is 10.5. The summed E-state index contributed by atoms with van der Waals surface area (Å²) in [6, 6.07) is 16.8. The Labute approximate surface area is 195 Å². The molecule has 1 amide bonds. The lowest BCUT2D eigenvalue weighted by Gasteiger charge is -2.25. The molecule has 34 heavy (non-hydrogen) atoms. The fourth-order valence-corrected chi connectivity index (χ4v) is 4.44. The number of phenolic OH excluding ortho intramolecular Hbond substituents is 1. The Bertz CT molecular complexity index is 1470. The number of aryl methyl sites for hydroxylation is 1. The van der Waals surface area contributed by atoms with Gasteiger partial charge in [-0.1, -0.05) is 29.8 Å². The predicted molar refractivity (Wildman–Crippen MR) is 127 cm³/mol. The molecule has 1 aliphatic heterocycles. The minimum atomic E-state index is -0.708. The number of carbonyl (C=O) groups is 1. The zero-order valence-corrected chi connectivity index (χ0v) is 19.0. The molecule has 172 valence electrons. The predicted octanol–water partition coefficient (Wildman–Crippen LogP) is 4.57. The molecular weight excluding hydrogens is 434 g/mol. The molecular formula is C27H23NO6. The van der Waals surface area contributed by atoms with E-state index in [0.29, 0.717) is 22.3 Å². The topological polar surface area (TPSA) is 89.2 Å². The Morgan fingerprint density at radius 3 is 2.44 bits per heavy atom. The van der Waals surface area contributed by atoms with Crippen LogP contribution in [0.15, 0.2) is 69.9 Å². The Hall–Kier alpha value is -4.26. The van der Waals surface area contributed by atoms with Crippen molar-refractivity contribution in [2.45, 2.75) is 19.5 Å². The van der Waals surface area contributed by atoms with Gasteiger partial charge in [0.1, 0.15) is 11.3 Å². The normalized spacial score (nSPS) is 15.0. The molecule has 7 heteroatoms. The van der Waals surface area contributed by atoms with Crippen LogP contribution >= 0.6 is 0 Å². The smallest absolute Gasteiger partial charge is 0.291 e. The van der Waals surface area contributed by atoms with Gasteiger partial charge in [-0.25, -0.2) is 0 Å². The standard InChI is InChI=1S/C27H23NO6/c1-15-4-11-21-19(12-15)25(30)23-24(17-7-10-20(29)22(13-17)33-3)28(27(31)26(23)34-21)14-16-5-8-18(32-2)9-6-16/h4-13,24,29H,14H2,1-3H3/t24-/m1/s1. The van der Waals surface area contributed by atoms with Crippen LogP contribution in [0.2, 0.25) is 0 Å². The van der Waals surface area contributed by atoms with Crippen LogP contribution in [0, 0.1) is 6.92 Å². The first-order chi connectivity index (χ1) is 16.4. The zero-order chi connectivity index (χ0) is 24.0. The van der Waals surface area contributed by atoms with Gasteiger partial charge in [0.15, 0.2) is 16.9 Å². The molecule has 1 N–H and O–H groups in total. The summed E-state index contributed by atoms with van der Waals surface area (Å²) in [6.07, 6.45) is 0. The lowest BCUT2D eigenvalue weighted by atomic mass is 9.97. The molecule has 2 heterocycles. The molecule has 1 aliphatic rings. The van der Waals surface area contributed by atoms with Crippen LogP contribution in [0.5, 0.6) is 17.2 Å². The number of ether oxygens (including phenoxy) is 2.